The molecule has 0 fully saturated rings. The number of fused-ring (bicyclic) bond motifs is 1. The van der Waals surface area contributed by atoms with Gasteiger partial charge in [-0.05, 0) is 31.2 Å². The molecule has 0 spiro atoms. The van der Waals surface area contributed by atoms with Crippen molar-refractivity contribution >= 4 is 46.6 Å². The van der Waals surface area contributed by atoms with E-state index >= 15 is 0 Å². The molecule has 0 radical (unpaired) electrons. The molecule has 0 aliphatic carbocycles. The number of para-hydroxylation sites is 3. The van der Waals surface area contributed by atoms with Gasteiger partial charge in [-0.1, -0.05) is 53.7 Å². The number of oxazole rings is 1. The number of nitrogens with zero attached hydrogens (tertiary/aromatic N) is 4. The van der Waals surface area contributed by atoms with Gasteiger partial charge in [-0.15, -0.1) is 0 Å². The summed E-state index contributed by atoms with van der Waals surface area (Å²) in [5.74, 6) is -0.155. The van der Waals surface area contributed by atoms with Crippen molar-refractivity contribution in [2.24, 2.45) is 5.10 Å². The summed E-state index contributed by atoms with van der Waals surface area (Å²) in [7, 11) is 0. The molecule has 4 rings (SSSR count). The molecule has 0 atom stereocenters. The van der Waals surface area contributed by atoms with Crippen molar-refractivity contribution in [2.45, 2.75) is 12.1 Å². The Kier molecular flexibility index (Phi) is 5.64. The first kappa shape index (κ1) is 19.2. The Labute approximate surface area is 175 Å². The molecule has 7 nitrogen and oxygen atoms in total. The minimum atomic E-state index is -0.280. The van der Waals surface area contributed by atoms with Crippen LogP contribution in [-0.2, 0) is 4.79 Å². The molecular weight excluding hydrogens is 410 g/mol. The van der Waals surface area contributed by atoms with Crippen LogP contribution < -0.4 is 5.43 Å². The SMILES string of the molecule is Cc1nn(-c2ccccc2)c(Cl)c1/C=N\NC(=O)CSc1nc2ccccc2o1. The van der Waals surface area contributed by atoms with Crippen LogP contribution in [0.25, 0.3) is 16.8 Å². The highest BCUT2D eigenvalue weighted by atomic mass is 35.5. The zero-order valence-electron chi connectivity index (χ0n) is 15.4. The number of carbonyl (C=O) groups excluding carboxylic acids is 1. The summed E-state index contributed by atoms with van der Waals surface area (Å²) < 4.78 is 7.20. The van der Waals surface area contributed by atoms with Gasteiger partial charge in [0.05, 0.1) is 28.9 Å². The van der Waals surface area contributed by atoms with Gasteiger partial charge in [0.15, 0.2) is 5.58 Å². The Morgan fingerprint density at radius 2 is 2.00 bits per heavy atom. The third-order valence-electron chi connectivity index (χ3n) is 4.03. The van der Waals surface area contributed by atoms with E-state index in [2.05, 4.69) is 20.6 Å². The molecule has 9 heteroatoms. The second kappa shape index (κ2) is 8.50. The lowest BCUT2D eigenvalue weighted by atomic mass is 10.3. The number of benzene rings is 2. The molecule has 0 saturated heterocycles. The molecule has 0 aliphatic rings. The summed E-state index contributed by atoms with van der Waals surface area (Å²) in [5.41, 5.74) is 6.12. The van der Waals surface area contributed by atoms with E-state index < -0.39 is 0 Å². The topological polar surface area (TPSA) is 85.3 Å². The number of hydrazone groups is 1. The maximum atomic E-state index is 12.0. The molecule has 2 heterocycles. The van der Waals surface area contributed by atoms with Gasteiger partial charge in [-0.2, -0.15) is 10.2 Å². The van der Waals surface area contributed by atoms with Crippen molar-refractivity contribution < 1.29 is 9.21 Å². The fourth-order valence-electron chi connectivity index (χ4n) is 2.64. The predicted octanol–water partition coefficient (Wildman–Crippen LogP) is 4.22. The van der Waals surface area contributed by atoms with Gasteiger partial charge >= 0.3 is 0 Å². The summed E-state index contributed by atoms with van der Waals surface area (Å²) in [4.78, 5) is 16.4. The molecule has 4 aromatic rings. The Balaban J connectivity index is 1.37. The Morgan fingerprint density at radius 3 is 2.79 bits per heavy atom. The van der Waals surface area contributed by atoms with Gasteiger partial charge in [0.1, 0.15) is 10.7 Å². The van der Waals surface area contributed by atoms with Crippen LogP contribution >= 0.6 is 23.4 Å². The highest BCUT2D eigenvalue weighted by Gasteiger charge is 2.13. The number of halogens is 1. The normalized spacial score (nSPS) is 11.4. The van der Waals surface area contributed by atoms with Crippen LogP contribution in [0.3, 0.4) is 0 Å². The standard InChI is InChI=1S/C20H16ClN5O2S/c1-13-15(19(21)26(25-13)14-7-3-2-4-8-14)11-22-24-18(27)12-29-20-23-16-9-5-6-10-17(16)28-20/h2-11H,12H2,1H3,(H,24,27)/b22-11-. The third-order valence-corrected chi connectivity index (χ3v) is 5.22. The van der Waals surface area contributed by atoms with Crippen LogP contribution in [0.2, 0.25) is 5.15 Å². The zero-order chi connectivity index (χ0) is 20.2. The smallest absolute Gasteiger partial charge is 0.257 e. The first-order chi connectivity index (χ1) is 14.1. The summed E-state index contributed by atoms with van der Waals surface area (Å²) in [5, 5.41) is 9.29. The van der Waals surface area contributed by atoms with E-state index in [1.54, 1.807) is 4.68 Å². The van der Waals surface area contributed by atoms with Crippen molar-refractivity contribution in [3.63, 3.8) is 0 Å². The summed E-state index contributed by atoms with van der Waals surface area (Å²) in [6, 6.07) is 17.0. The number of hydrogen-bond acceptors (Lipinski definition) is 6. The molecule has 0 saturated carbocycles. The molecule has 0 bridgehead atoms. The molecule has 0 unspecified atom stereocenters. The first-order valence-corrected chi connectivity index (χ1v) is 10.1. The van der Waals surface area contributed by atoms with E-state index in [1.165, 1.54) is 18.0 Å². The number of nitrogens with one attached hydrogen (secondary N) is 1. The lowest BCUT2D eigenvalue weighted by Crippen LogP contribution is -2.19. The number of carbonyl (C=O) groups is 1. The number of aromatic nitrogens is 3. The molecule has 1 N–H and O–H groups in total. The van der Waals surface area contributed by atoms with Gasteiger partial charge in [0, 0.05) is 0 Å². The van der Waals surface area contributed by atoms with Crippen molar-refractivity contribution in [1.29, 1.82) is 0 Å². The summed E-state index contributed by atoms with van der Waals surface area (Å²) >= 11 is 7.63. The lowest BCUT2D eigenvalue weighted by Gasteiger charge is -2.01. The van der Waals surface area contributed by atoms with Crippen LogP contribution in [-0.4, -0.2) is 32.6 Å². The van der Waals surface area contributed by atoms with E-state index in [-0.39, 0.29) is 11.7 Å². The number of amides is 1. The molecule has 1 amide bonds. The summed E-state index contributed by atoms with van der Waals surface area (Å²) in [6.45, 7) is 1.83. The van der Waals surface area contributed by atoms with E-state index in [0.717, 1.165) is 11.2 Å². The molecule has 146 valence electrons. The monoisotopic (exact) mass is 425 g/mol. The van der Waals surface area contributed by atoms with Gasteiger partial charge in [0.25, 0.3) is 11.1 Å². The van der Waals surface area contributed by atoms with Gasteiger partial charge < -0.3 is 4.42 Å². The van der Waals surface area contributed by atoms with Crippen molar-refractivity contribution in [2.75, 3.05) is 5.75 Å². The number of aryl methyl sites for hydroxylation is 1. The molecule has 2 aromatic carbocycles. The highest BCUT2D eigenvalue weighted by Crippen LogP contribution is 2.23. The molecule has 0 aliphatic heterocycles. The fraction of sp³-hybridized carbons (Fsp3) is 0.100. The minimum absolute atomic E-state index is 0.125. The van der Waals surface area contributed by atoms with E-state index in [4.69, 9.17) is 16.0 Å². The van der Waals surface area contributed by atoms with Gasteiger partial charge in [-0.25, -0.2) is 15.1 Å². The second-order valence-electron chi connectivity index (χ2n) is 6.07. The fourth-order valence-corrected chi connectivity index (χ4v) is 3.59. The van der Waals surface area contributed by atoms with Crippen molar-refractivity contribution in [1.82, 2.24) is 20.2 Å². The average Bonchev–Trinajstić information content (AvgIpc) is 3.28. The van der Waals surface area contributed by atoms with Gasteiger partial charge in [0.2, 0.25) is 0 Å². The maximum Gasteiger partial charge on any atom is 0.257 e. The Hall–Kier alpha value is -3.10. The molecule has 2 aromatic heterocycles. The van der Waals surface area contributed by atoms with E-state index in [9.17, 15) is 4.79 Å². The lowest BCUT2D eigenvalue weighted by molar-refractivity contribution is -0.118. The third kappa shape index (κ3) is 4.33. The van der Waals surface area contributed by atoms with Crippen LogP contribution in [0.4, 0.5) is 0 Å². The number of thioether (sulfide) groups is 1. The minimum Gasteiger partial charge on any atom is -0.431 e. The van der Waals surface area contributed by atoms with Crippen LogP contribution in [0, 0.1) is 6.92 Å². The van der Waals surface area contributed by atoms with Crippen LogP contribution in [0.1, 0.15) is 11.3 Å². The van der Waals surface area contributed by atoms with Gasteiger partial charge in [-0.3, -0.25) is 4.79 Å². The first-order valence-electron chi connectivity index (χ1n) is 8.72. The zero-order valence-corrected chi connectivity index (χ0v) is 16.9. The van der Waals surface area contributed by atoms with Crippen LogP contribution in [0.15, 0.2) is 69.3 Å². The highest BCUT2D eigenvalue weighted by molar-refractivity contribution is 7.99. The second-order valence-corrected chi connectivity index (χ2v) is 7.35. The summed E-state index contributed by atoms with van der Waals surface area (Å²) in [6.07, 6.45) is 1.49. The maximum absolute atomic E-state index is 12.0. The molecular formula is C20H16ClN5O2S. The van der Waals surface area contributed by atoms with E-state index in [0.29, 0.717) is 27.2 Å². The predicted molar refractivity (Wildman–Crippen MR) is 114 cm³/mol. The Morgan fingerprint density at radius 1 is 1.24 bits per heavy atom. The largest absolute Gasteiger partial charge is 0.431 e. The molecule has 29 heavy (non-hydrogen) atoms. The van der Waals surface area contributed by atoms with E-state index in [1.807, 2.05) is 61.5 Å². The quantitative estimate of drug-likeness (QED) is 0.284. The number of rotatable bonds is 6. The average molecular weight is 426 g/mol. The number of hydrogen-bond donors (Lipinski definition) is 1. The van der Waals surface area contributed by atoms with Crippen molar-refractivity contribution in [3.05, 3.63) is 71.0 Å². The van der Waals surface area contributed by atoms with Crippen molar-refractivity contribution in [3.8, 4) is 5.69 Å². The van der Waals surface area contributed by atoms with Crippen LogP contribution in [0.5, 0.6) is 0 Å². The Bertz CT molecular complexity index is 1150.